The lowest BCUT2D eigenvalue weighted by Gasteiger charge is -2.13. The summed E-state index contributed by atoms with van der Waals surface area (Å²) in [6.07, 6.45) is -0.174. The zero-order valence-electron chi connectivity index (χ0n) is 8.23. The maximum Gasteiger partial charge on any atom is 0.328 e. The van der Waals surface area contributed by atoms with E-state index in [1.807, 2.05) is 0 Å². The molecule has 0 aliphatic carbocycles. The zero-order chi connectivity index (χ0) is 11.1. The standard InChI is InChI=1S/C8H15NO5/c1-13-6(14-2)4-3-5(10)7(9)8(11)12/h6-7H,3-4,9H2,1-2H3,(H,11,12)/t7-/m0/s1. The van der Waals surface area contributed by atoms with Crippen molar-refractivity contribution in [1.82, 2.24) is 0 Å². The van der Waals surface area contributed by atoms with Crippen LogP contribution in [0.4, 0.5) is 0 Å². The molecule has 0 amide bonds. The van der Waals surface area contributed by atoms with Crippen LogP contribution < -0.4 is 5.73 Å². The molecule has 0 aliphatic heterocycles. The van der Waals surface area contributed by atoms with Crippen molar-refractivity contribution in [3.8, 4) is 0 Å². The van der Waals surface area contributed by atoms with Crippen molar-refractivity contribution in [1.29, 1.82) is 0 Å². The highest BCUT2D eigenvalue weighted by atomic mass is 16.7. The van der Waals surface area contributed by atoms with Crippen LogP contribution in [-0.2, 0) is 19.1 Å². The quantitative estimate of drug-likeness (QED) is 0.424. The van der Waals surface area contributed by atoms with E-state index in [-0.39, 0.29) is 6.42 Å². The lowest BCUT2D eigenvalue weighted by atomic mass is 10.1. The third kappa shape index (κ3) is 4.31. The Hall–Kier alpha value is -0.980. The number of carbonyl (C=O) groups excluding carboxylic acids is 1. The normalized spacial score (nSPS) is 12.9. The van der Waals surface area contributed by atoms with Gasteiger partial charge in [0.2, 0.25) is 0 Å². The number of Topliss-reactive ketones (excluding diaryl/α,β-unsaturated/α-hetero) is 1. The van der Waals surface area contributed by atoms with Crippen LogP contribution in [0, 0.1) is 0 Å². The second-order valence-corrected chi connectivity index (χ2v) is 2.72. The monoisotopic (exact) mass is 205 g/mol. The zero-order valence-corrected chi connectivity index (χ0v) is 8.23. The van der Waals surface area contributed by atoms with Crippen molar-refractivity contribution >= 4 is 11.8 Å². The van der Waals surface area contributed by atoms with Gasteiger partial charge in [0.1, 0.15) is 0 Å². The maximum absolute atomic E-state index is 11.1. The minimum absolute atomic E-state index is 0.0276. The Kier molecular flexibility index (Phi) is 6.02. The van der Waals surface area contributed by atoms with E-state index in [1.165, 1.54) is 14.2 Å². The van der Waals surface area contributed by atoms with Crippen molar-refractivity contribution in [2.45, 2.75) is 25.2 Å². The molecule has 0 unspecified atom stereocenters. The fraction of sp³-hybridized carbons (Fsp3) is 0.750. The molecular weight excluding hydrogens is 190 g/mol. The first kappa shape index (κ1) is 13.0. The van der Waals surface area contributed by atoms with Crippen LogP contribution in [0.3, 0.4) is 0 Å². The highest BCUT2D eigenvalue weighted by Crippen LogP contribution is 2.03. The van der Waals surface area contributed by atoms with Gasteiger partial charge in [-0.05, 0) is 0 Å². The maximum atomic E-state index is 11.1. The van der Waals surface area contributed by atoms with E-state index in [4.69, 9.17) is 20.3 Å². The summed E-state index contributed by atoms with van der Waals surface area (Å²) < 4.78 is 9.65. The number of rotatable bonds is 7. The van der Waals surface area contributed by atoms with Gasteiger partial charge in [0.15, 0.2) is 18.1 Å². The van der Waals surface area contributed by atoms with Crippen LogP contribution in [0.2, 0.25) is 0 Å². The molecule has 0 aromatic rings. The SMILES string of the molecule is COC(CCC(=O)[C@H](N)C(=O)O)OC. The van der Waals surface area contributed by atoms with Gasteiger partial charge in [-0.2, -0.15) is 0 Å². The van der Waals surface area contributed by atoms with Gasteiger partial charge in [-0.1, -0.05) is 0 Å². The molecule has 0 saturated heterocycles. The van der Waals surface area contributed by atoms with Gasteiger partial charge in [0, 0.05) is 27.1 Å². The van der Waals surface area contributed by atoms with E-state index in [2.05, 4.69) is 0 Å². The van der Waals surface area contributed by atoms with Crippen LogP contribution in [0.5, 0.6) is 0 Å². The number of hydrogen-bond acceptors (Lipinski definition) is 5. The topological polar surface area (TPSA) is 98.9 Å². The Morgan fingerprint density at radius 1 is 1.36 bits per heavy atom. The molecule has 0 spiro atoms. The number of aliphatic carboxylic acids is 1. The summed E-state index contributed by atoms with van der Waals surface area (Å²) in [6, 6.07) is -1.45. The lowest BCUT2D eigenvalue weighted by molar-refractivity contribution is -0.143. The van der Waals surface area contributed by atoms with Gasteiger partial charge in [-0.15, -0.1) is 0 Å². The van der Waals surface area contributed by atoms with Crippen molar-refractivity contribution in [3.05, 3.63) is 0 Å². The summed E-state index contributed by atoms with van der Waals surface area (Å²) in [5, 5.41) is 8.42. The first-order valence-electron chi connectivity index (χ1n) is 4.09. The predicted molar refractivity (Wildman–Crippen MR) is 47.7 cm³/mol. The predicted octanol–water partition coefficient (Wildman–Crippen LogP) is -0.633. The fourth-order valence-electron chi connectivity index (χ4n) is 0.885. The minimum Gasteiger partial charge on any atom is -0.480 e. The van der Waals surface area contributed by atoms with Gasteiger partial charge < -0.3 is 20.3 Å². The molecule has 0 saturated carbocycles. The number of carboxylic acids is 1. The number of carboxylic acid groups (broad SMARTS) is 1. The second kappa shape index (κ2) is 6.47. The molecule has 0 fully saturated rings. The molecular formula is C8H15NO5. The average Bonchev–Trinajstić information content (AvgIpc) is 2.17. The van der Waals surface area contributed by atoms with E-state index in [0.717, 1.165) is 0 Å². The van der Waals surface area contributed by atoms with Crippen molar-refractivity contribution in [2.75, 3.05) is 14.2 Å². The Morgan fingerprint density at radius 2 is 1.86 bits per heavy atom. The van der Waals surface area contributed by atoms with Crippen LogP contribution >= 0.6 is 0 Å². The number of nitrogens with two attached hydrogens (primary N) is 1. The summed E-state index contributed by atoms with van der Waals surface area (Å²) in [5.74, 6) is -1.85. The molecule has 0 heterocycles. The number of ether oxygens (including phenoxy) is 2. The summed E-state index contributed by atoms with van der Waals surface area (Å²) in [5.41, 5.74) is 5.10. The van der Waals surface area contributed by atoms with Gasteiger partial charge in [-0.3, -0.25) is 9.59 Å². The molecule has 0 aliphatic rings. The highest BCUT2D eigenvalue weighted by molar-refractivity contribution is 6.01. The molecule has 0 aromatic heterocycles. The van der Waals surface area contributed by atoms with Crippen molar-refractivity contribution in [2.24, 2.45) is 5.73 Å². The minimum atomic E-state index is -1.45. The summed E-state index contributed by atoms with van der Waals surface area (Å²) >= 11 is 0. The second-order valence-electron chi connectivity index (χ2n) is 2.72. The fourth-order valence-corrected chi connectivity index (χ4v) is 0.885. The third-order valence-corrected chi connectivity index (χ3v) is 1.77. The van der Waals surface area contributed by atoms with E-state index in [0.29, 0.717) is 6.42 Å². The summed E-state index contributed by atoms with van der Waals surface area (Å²) in [6.45, 7) is 0. The van der Waals surface area contributed by atoms with Crippen LogP contribution in [0.1, 0.15) is 12.8 Å². The first-order valence-corrected chi connectivity index (χ1v) is 4.09. The smallest absolute Gasteiger partial charge is 0.328 e. The Morgan fingerprint density at radius 3 is 2.21 bits per heavy atom. The largest absolute Gasteiger partial charge is 0.480 e. The summed E-state index contributed by atoms with van der Waals surface area (Å²) in [7, 11) is 2.88. The summed E-state index contributed by atoms with van der Waals surface area (Å²) in [4.78, 5) is 21.4. The Labute approximate surface area is 82.0 Å². The first-order chi connectivity index (χ1) is 6.52. The molecule has 14 heavy (non-hydrogen) atoms. The van der Waals surface area contributed by atoms with Gasteiger partial charge >= 0.3 is 5.97 Å². The van der Waals surface area contributed by atoms with E-state index in [9.17, 15) is 9.59 Å². The van der Waals surface area contributed by atoms with Crippen LogP contribution in [0.25, 0.3) is 0 Å². The van der Waals surface area contributed by atoms with Crippen LogP contribution in [-0.4, -0.2) is 43.4 Å². The molecule has 3 N–H and O–H groups in total. The molecule has 6 nitrogen and oxygen atoms in total. The highest BCUT2D eigenvalue weighted by Gasteiger charge is 2.21. The van der Waals surface area contributed by atoms with Crippen molar-refractivity contribution in [3.63, 3.8) is 0 Å². The Bertz CT molecular complexity index is 202. The molecule has 1 atom stereocenters. The average molecular weight is 205 g/mol. The molecule has 0 rings (SSSR count). The van der Waals surface area contributed by atoms with Gasteiger partial charge in [0.25, 0.3) is 0 Å². The Balaban J connectivity index is 3.89. The molecule has 82 valence electrons. The number of methoxy groups -OCH3 is 2. The molecule has 0 bridgehead atoms. The van der Waals surface area contributed by atoms with E-state index in [1.54, 1.807) is 0 Å². The lowest BCUT2D eigenvalue weighted by Crippen LogP contribution is -2.38. The van der Waals surface area contributed by atoms with Crippen molar-refractivity contribution < 1.29 is 24.2 Å². The molecule has 6 heteroatoms. The number of carbonyl (C=O) groups is 2. The van der Waals surface area contributed by atoms with Crippen LogP contribution in [0.15, 0.2) is 0 Å². The molecule has 0 radical (unpaired) electrons. The van der Waals surface area contributed by atoms with E-state index < -0.39 is 24.1 Å². The third-order valence-electron chi connectivity index (χ3n) is 1.77. The number of ketones is 1. The van der Waals surface area contributed by atoms with Gasteiger partial charge in [-0.25, -0.2) is 0 Å². The number of hydrogen-bond donors (Lipinski definition) is 2. The van der Waals surface area contributed by atoms with E-state index >= 15 is 0 Å². The van der Waals surface area contributed by atoms with Gasteiger partial charge in [0.05, 0.1) is 0 Å². The molecule has 0 aromatic carbocycles.